The summed E-state index contributed by atoms with van der Waals surface area (Å²) in [6.07, 6.45) is 35.5. The van der Waals surface area contributed by atoms with Crippen molar-refractivity contribution in [2.75, 3.05) is 33.4 Å². The quantitative estimate of drug-likeness (QED) is 0.0267. The highest BCUT2D eigenvalue weighted by Gasteiger charge is 2.26. The van der Waals surface area contributed by atoms with Gasteiger partial charge < -0.3 is 19.7 Å². The Balaban J connectivity index is 4.23. The molecule has 0 aliphatic rings. The van der Waals surface area contributed by atoms with Gasteiger partial charge in [-0.2, -0.15) is 0 Å². The average molecular weight is 886 g/mol. The van der Waals surface area contributed by atoms with Crippen LogP contribution in [0.25, 0.3) is 0 Å². The molecule has 2 N–H and O–H groups in total. The van der Waals surface area contributed by atoms with Gasteiger partial charge in [0.05, 0.1) is 13.2 Å². The predicted octanol–water partition coefficient (Wildman–Crippen LogP) is 13.1. The Bertz CT molecular complexity index is 1370. The fourth-order valence-corrected chi connectivity index (χ4v) is 7.35. The number of nitrogens with one attached hydrogen (secondary N) is 1. The summed E-state index contributed by atoms with van der Waals surface area (Å²) in [4.78, 5) is 35.2. The minimum atomic E-state index is -4.38. The van der Waals surface area contributed by atoms with Gasteiger partial charge in [0, 0.05) is 45.1 Å². The first-order valence-corrected chi connectivity index (χ1v) is 26.4. The van der Waals surface area contributed by atoms with E-state index in [1.54, 1.807) is 7.05 Å². The molecule has 0 aliphatic heterocycles. The summed E-state index contributed by atoms with van der Waals surface area (Å²) in [5.74, 6) is 23.7. The summed E-state index contributed by atoms with van der Waals surface area (Å²) >= 11 is 0. The van der Waals surface area contributed by atoms with Crippen LogP contribution < -0.4 is 5.32 Å². The topological polar surface area (TPSA) is 120 Å². The smallest absolute Gasteiger partial charge is 0.462 e. The second-order valence-corrected chi connectivity index (χ2v) is 17.8. The number of ether oxygens (including phenoxy) is 2. The maximum atomic E-state index is 12.7. The second-order valence-electron chi connectivity index (χ2n) is 16.4. The van der Waals surface area contributed by atoms with E-state index < -0.39 is 32.5 Å². The lowest BCUT2D eigenvalue weighted by molar-refractivity contribution is -0.161. The van der Waals surface area contributed by atoms with Crippen molar-refractivity contribution in [3.05, 3.63) is 0 Å². The lowest BCUT2D eigenvalue weighted by Gasteiger charge is -2.20. The fraction of sp³-hybridized carbons (Fsp3) is 0.808. The van der Waals surface area contributed by atoms with Crippen LogP contribution in [0.2, 0.25) is 0 Å². The maximum absolute atomic E-state index is 12.7. The van der Waals surface area contributed by atoms with E-state index in [4.69, 9.17) is 18.5 Å². The number of phosphoric acid groups is 1. The number of unbranched alkanes of at least 4 members (excludes halogenated alkanes) is 28. The number of carbonyl (C=O) groups excluding carboxylic acids is 2. The number of likely N-dealkylation sites (N-methyl/N-ethyl adjacent to an activating group) is 1. The van der Waals surface area contributed by atoms with Crippen LogP contribution in [0.15, 0.2) is 0 Å². The Labute approximate surface area is 380 Å². The van der Waals surface area contributed by atoms with Gasteiger partial charge in [0.25, 0.3) is 0 Å². The average Bonchev–Trinajstić information content (AvgIpc) is 3.26. The van der Waals surface area contributed by atoms with Crippen molar-refractivity contribution in [1.29, 1.82) is 0 Å². The molecule has 0 aromatic carbocycles. The second kappa shape index (κ2) is 47.7. The zero-order valence-electron chi connectivity index (χ0n) is 39.7. The van der Waals surface area contributed by atoms with Gasteiger partial charge in [-0.3, -0.25) is 18.6 Å². The molecular formula is C52H88NO8P. The molecule has 62 heavy (non-hydrogen) atoms. The molecule has 0 rings (SSSR count). The summed E-state index contributed by atoms with van der Waals surface area (Å²) in [6, 6.07) is 0. The van der Waals surface area contributed by atoms with Gasteiger partial charge in [0.1, 0.15) is 6.61 Å². The Morgan fingerprint density at radius 1 is 0.500 bits per heavy atom. The Morgan fingerprint density at radius 2 is 0.855 bits per heavy atom. The van der Waals surface area contributed by atoms with Crippen molar-refractivity contribution in [3.63, 3.8) is 0 Å². The van der Waals surface area contributed by atoms with Crippen LogP contribution in [0.5, 0.6) is 0 Å². The zero-order valence-corrected chi connectivity index (χ0v) is 40.6. The van der Waals surface area contributed by atoms with Gasteiger partial charge in [-0.25, -0.2) is 4.57 Å². The van der Waals surface area contributed by atoms with Crippen LogP contribution >= 0.6 is 7.82 Å². The molecule has 1 unspecified atom stereocenters. The van der Waals surface area contributed by atoms with E-state index in [1.165, 1.54) is 103 Å². The first-order valence-electron chi connectivity index (χ1n) is 24.9. The lowest BCUT2D eigenvalue weighted by atomic mass is 10.1. The standard InChI is InChI=1S/C52H88NO8P/c1-4-6-8-10-12-14-16-18-20-22-24-26-28-30-32-34-36-38-40-42-44-51(54)58-48-50(49-60-62(56,57)59-47-46-53-3)61-52(55)45-43-41-39-37-35-33-31-29-27-25-23-21-19-17-15-13-11-9-7-5-2/h50,53H,4-21,30-49H2,1-3H3,(H,56,57)/t50-/m0/s1. The van der Waals surface area contributed by atoms with Gasteiger partial charge in [0.15, 0.2) is 6.10 Å². The third-order valence-electron chi connectivity index (χ3n) is 10.4. The van der Waals surface area contributed by atoms with Crippen molar-refractivity contribution in [2.24, 2.45) is 0 Å². The number of rotatable bonds is 42. The highest BCUT2D eigenvalue weighted by molar-refractivity contribution is 7.47. The van der Waals surface area contributed by atoms with Crippen molar-refractivity contribution in [1.82, 2.24) is 5.32 Å². The third-order valence-corrected chi connectivity index (χ3v) is 11.4. The summed E-state index contributed by atoms with van der Waals surface area (Å²) in [7, 11) is -2.68. The van der Waals surface area contributed by atoms with Gasteiger partial charge in [-0.1, -0.05) is 179 Å². The van der Waals surface area contributed by atoms with E-state index in [0.29, 0.717) is 19.4 Å². The molecule has 0 amide bonds. The van der Waals surface area contributed by atoms with Gasteiger partial charge in [0.2, 0.25) is 0 Å². The molecule has 0 aromatic heterocycles. The SMILES string of the molecule is CCCCCCCCCCC#CC#CCCCCCCCCC(=O)OC[C@@H](COP(=O)(O)OCCNC)OC(=O)CCCCCCCCC#CC#CCCCCCCCCCC. The molecule has 0 saturated carbocycles. The molecule has 0 radical (unpaired) electrons. The van der Waals surface area contributed by atoms with E-state index in [1.807, 2.05) is 0 Å². The molecule has 9 nitrogen and oxygen atoms in total. The van der Waals surface area contributed by atoms with E-state index in [2.05, 4.69) is 66.5 Å². The van der Waals surface area contributed by atoms with Gasteiger partial charge in [-0.15, -0.1) is 0 Å². The molecule has 0 spiro atoms. The van der Waals surface area contributed by atoms with Crippen LogP contribution in [-0.4, -0.2) is 56.3 Å². The van der Waals surface area contributed by atoms with Gasteiger partial charge in [-0.05, 0) is 69.3 Å². The largest absolute Gasteiger partial charge is 0.472 e. The molecule has 0 heterocycles. The summed E-state index contributed by atoms with van der Waals surface area (Å²) < 4.78 is 33.2. The highest BCUT2D eigenvalue weighted by Crippen LogP contribution is 2.43. The Morgan fingerprint density at radius 3 is 1.24 bits per heavy atom. The first kappa shape index (κ1) is 59.2. The summed E-state index contributed by atoms with van der Waals surface area (Å²) in [6.45, 7) is 4.13. The number of esters is 2. The molecular weight excluding hydrogens is 798 g/mol. The Kier molecular flexibility index (Phi) is 45.6. The van der Waals surface area contributed by atoms with E-state index in [0.717, 1.165) is 89.9 Å². The number of carbonyl (C=O) groups is 2. The van der Waals surface area contributed by atoms with Crippen molar-refractivity contribution in [2.45, 2.75) is 238 Å². The van der Waals surface area contributed by atoms with Crippen LogP contribution in [0.3, 0.4) is 0 Å². The third kappa shape index (κ3) is 46.7. The molecule has 10 heteroatoms. The minimum Gasteiger partial charge on any atom is -0.462 e. The van der Waals surface area contributed by atoms with Crippen LogP contribution in [0.4, 0.5) is 0 Å². The monoisotopic (exact) mass is 886 g/mol. The zero-order chi connectivity index (χ0) is 45.3. The van der Waals surface area contributed by atoms with E-state index in [9.17, 15) is 19.0 Å². The molecule has 0 bridgehead atoms. The first-order chi connectivity index (χ1) is 30.3. The lowest BCUT2D eigenvalue weighted by Crippen LogP contribution is -2.29. The van der Waals surface area contributed by atoms with Crippen molar-refractivity contribution < 1.29 is 37.6 Å². The molecule has 0 saturated heterocycles. The fourth-order valence-electron chi connectivity index (χ4n) is 6.60. The van der Waals surface area contributed by atoms with E-state index >= 15 is 0 Å². The van der Waals surface area contributed by atoms with Crippen LogP contribution in [0.1, 0.15) is 232 Å². The molecule has 0 aliphatic carbocycles. The number of phosphoric ester groups is 1. The highest BCUT2D eigenvalue weighted by atomic mass is 31.2. The number of hydrogen-bond acceptors (Lipinski definition) is 8. The summed E-state index contributed by atoms with van der Waals surface area (Å²) in [5, 5.41) is 2.82. The molecule has 2 atom stereocenters. The van der Waals surface area contributed by atoms with E-state index in [-0.39, 0.29) is 26.1 Å². The minimum absolute atomic E-state index is 0.0337. The van der Waals surface area contributed by atoms with Crippen molar-refractivity contribution >= 4 is 19.8 Å². The molecule has 0 fully saturated rings. The summed E-state index contributed by atoms with van der Waals surface area (Å²) in [5.41, 5.74) is 0. The number of hydrogen-bond donors (Lipinski definition) is 2. The normalized spacial score (nSPS) is 12.0. The molecule has 0 aromatic rings. The predicted molar refractivity (Wildman–Crippen MR) is 256 cm³/mol. The van der Waals surface area contributed by atoms with Crippen molar-refractivity contribution in [3.8, 4) is 47.4 Å². The van der Waals surface area contributed by atoms with Gasteiger partial charge >= 0.3 is 19.8 Å². The van der Waals surface area contributed by atoms with Crippen LogP contribution in [-0.2, 0) is 32.7 Å². The maximum Gasteiger partial charge on any atom is 0.472 e. The molecule has 354 valence electrons. The van der Waals surface area contributed by atoms with Crippen LogP contribution in [0, 0.1) is 47.4 Å². The Hall–Kier alpha value is -2.75.